The number of allylic oxidation sites excluding steroid dienone is 2. The first-order valence-electron chi connectivity index (χ1n) is 6.59. The molecule has 0 radical (unpaired) electrons. The number of halogens is 1. The van der Waals surface area contributed by atoms with Crippen LogP contribution in [0.3, 0.4) is 0 Å². The van der Waals surface area contributed by atoms with Crippen LogP contribution >= 0.6 is 0 Å². The van der Waals surface area contributed by atoms with E-state index in [0.29, 0.717) is 13.0 Å². The molecular formula is C16H17FO. The summed E-state index contributed by atoms with van der Waals surface area (Å²) in [6.07, 6.45) is 7.57. The Morgan fingerprint density at radius 2 is 1.94 bits per heavy atom. The van der Waals surface area contributed by atoms with Gasteiger partial charge >= 0.3 is 0 Å². The molecule has 2 aliphatic carbocycles. The maximum atomic E-state index is 13.1. The molecule has 0 bridgehead atoms. The summed E-state index contributed by atoms with van der Waals surface area (Å²) in [4.78, 5) is 0. The van der Waals surface area contributed by atoms with E-state index in [9.17, 15) is 4.39 Å². The summed E-state index contributed by atoms with van der Waals surface area (Å²) in [6, 6.07) is 8.30. The van der Waals surface area contributed by atoms with Gasteiger partial charge in [0.05, 0.1) is 0 Å². The van der Waals surface area contributed by atoms with Gasteiger partial charge in [0.1, 0.15) is 18.2 Å². The van der Waals surface area contributed by atoms with Crippen LogP contribution in [-0.2, 0) is 0 Å². The molecule has 1 aromatic carbocycles. The van der Waals surface area contributed by atoms with Gasteiger partial charge in [-0.15, -0.1) is 0 Å². The van der Waals surface area contributed by atoms with Crippen molar-refractivity contribution in [3.05, 3.63) is 53.4 Å². The first kappa shape index (κ1) is 11.5. The molecule has 1 fully saturated rings. The van der Waals surface area contributed by atoms with E-state index < -0.39 is 0 Å². The quantitative estimate of drug-likeness (QED) is 0.756. The van der Waals surface area contributed by atoms with Crippen molar-refractivity contribution in [3.63, 3.8) is 0 Å². The molecule has 2 heteroatoms. The lowest BCUT2D eigenvalue weighted by atomic mass is 10.1. The minimum atomic E-state index is -0.0415. The summed E-state index contributed by atoms with van der Waals surface area (Å²) in [7, 11) is 0. The lowest BCUT2D eigenvalue weighted by Crippen LogP contribution is -2.02. The van der Waals surface area contributed by atoms with Crippen LogP contribution in [0.2, 0.25) is 0 Å². The molecule has 0 aromatic heterocycles. The van der Waals surface area contributed by atoms with Gasteiger partial charge < -0.3 is 4.74 Å². The predicted octanol–water partition coefficient (Wildman–Crippen LogP) is 4.52. The van der Waals surface area contributed by atoms with Crippen LogP contribution in [0.5, 0.6) is 5.75 Å². The molecule has 0 aliphatic heterocycles. The molecule has 0 heterocycles. The largest absolute Gasteiger partial charge is 0.489 e. The fourth-order valence-corrected chi connectivity index (χ4v) is 2.25. The Balaban J connectivity index is 1.57. The van der Waals surface area contributed by atoms with Crippen LogP contribution in [0.1, 0.15) is 37.2 Å². The average molecular weight is 244 g/mol. The number of hydrogen-bond acceptors (Lipinski definition) is 1. The zero-order valence-electron chi connectivity index (χ0n) is 10.4. The zero-order valence-corrected chi connectivity index (χ0v) is 10.4. The molecule has 0 N–H and O–H groups in total. The van der Waals surface area contributed by atoms with Crippen molar-refractivity contribution in [2.45, 2.75) is 31.6 Å². The summed E-state index contributed by atoms with van der Waals surface area (Å²) < 4.78 is 18.7. The van der Waals surface area contributed by atoms with Gasteiger partial charge in [0, 0.05) is 6.42 Å². The monoisotopic (exact) mass is 244 g/mol. The van der Waals surface area contributed by atoms with E-state index >= 15 is 0 Å². The lowest BCUT2D eigenvalue weighted by Gasteiger charge is -2.11. The van der Waals surface area contributed by atoms with Crippen LogP contribution in [0.4, 0.5) is 4.39 Å². The first-order chi connectivity index (χ1) is 8.81. The standard InChI is InChI=1S/C16H17FO/c17-15-3-1-2-12(10-15)11-18-16-8-6-14(7-9-16)13-4-5-13/h2,6-10,13H,1,3-5,11H2. The summed E-state index contributed by atoms with van der Waals surface area (Å²) in [6.45, 7) is 0.455. The highest BCUT2D eigenvalue weighted by Gasteiger charge is 2.22. The van der Waals surface area contributed by atoms with Crippen molar-refractivity contribution in [1.82, 2.24) is 0 Å². The smallest absolute Gasteiger partial charge is 0.119 e. The molecule has 18 heavy (non-hydrogen) atoms. The third-order valence-electron chi connectivity index (χ3n) is 3.47. The second-order valence-electron chi connectivity index (χ2n) is 5.04. The van der Waals surface area contributed by atoms with Gasteiger partial charge in [-0.2, -0.15) is 0 Å². The summed E-state index contributed by atoms with van der Waals surface area (Å²) >= 11 is 0. The third-order valence-corrected chi connectivity index (χ3v) is 3.47. The molecular weight excluding hydrogens is 227 g/mol. The fraction of sp³-hybridized carbons (Fsp3) is 0.375. The molecule has 1 saturated carbocycles. The van der Waals surface area contributed by atoms with E-state index in [1.54, 1.807) is 6.08 Å². The van der Waals surface area contributed by atoms with Gasteiger partial charge in [-0.05, 0) is 54.5 Å². The number of hydrogen-bond donors (Lipinski definition) is 0. The van der Waals surface area contributed by atoms with E-state index in [2.05, 4.69) is 12.1 Å². The van der Waals surface area contributed by atoms with Gasteiger partial charge in [-0.1, -0.05) is 18.2 Å². The van der Waals surface area contributed by atoms with E-state index in [1.165, 1.54) is 18.4 Å². The topological polar surface area (TPSA) is 9.23 Å². The molecule has 0 unspecified atom stereocenters. The predicted molar refractivity (Wildman–Crippen MR) is 70.4 cm³/mol. The van der Waals surface area contributed by atoms with E-state index in [4.69, 9.17) is 4.74 Å². The number of benzene rings is 1. The molecule has 2 aliphatic rings. The SMILES string of the molecule is FC1=CC(COc2ccc(C3CC3)cc2)=CCC1. The van der Waals surface area contributed by atoms with Crippen molar-refractivity contribution < 1.29 is 9.13 Å². The highest BCUT2D eigenvalue weighted by atomic mass is 19.1. The molecule has 1 nitrogen and oxygen atoms in total. The third kappa shape index (κ3) is 2.81. The summed E-state index contributed by atoms with van der Waals surface area (Å²) in [5, 5.41) is 0. The fourth-order valence-electron chi connectivity index (χ4n) is 2.25. The Labute approximate surface area is 107 Å². The first-order valence-corrected chi connectivity index (χ1v) is 6.59. The summed E-state index contributed by atoms with van der Waals surface area (Å²) in [5.74, 6) is 1.59. The summed E-state index contributed by atoms with van der Waals surface area (Å²) in [5.41, 5.74) is 2.34. The minimum Gasteiger partial charge on any atom is -0.489 e. The maximum Gasteiger partial charge on any atom is 0.119 e. The molecule has 3 rings (SSSR count). The minimum absolute atomic E-state index is 0.0415. The molecule has 0 saturated heterocycles. The number of rotatable bonds is 4. The van der Waals surface area contributed by atoms with Gasteiger partial charge in [-0.25, -0.2) is 4.39 Å². The molecule has 0 spiro atoms. The second kappa shape index (κ2) is 4.97. The lowest BCUT2D eigenvalue weighted by molar-refractivity contribution is 0.353. The van der Waals surface area contributed by atoms with Crippen LogP contribution in [0.25, 0.3) is 0 Å². The van der Waals surface area contributed by atoms with E-state index in [-0.39, 0.29) is 5.83 Å². The maximum absolute atomic E-state index is 13.1. The molecule has 1 aromatic rings. The van der Waals surface area contributed by atoms with Crippen LogP contribution in [-0.4, -0.2) is 6.61 Å². The Hall–Kier alpha value is -1.57. The van der Waals surface area contributed by atoms with Crippen LogP contribution < -0.4 is 4.74 Å². The van der Waals surface area contributed by atoms with Crippen molar-refractivity contribution in [2.24, 2.45) is 0 Å². The number of ether oxygens (including phenoxy) is 1. The van der Waals surface area contributed by atoms with Crippen LogP contribution in [0, 0.1) is 0 Å². The van der Waals surface area contributed by atoms with Gasteiger partial charge in [0.15, 0.2) is 0 Å². The van der Waals surface area contributed by atoms with Gasteiger partial charge in [0.2, 0.25) is 0 Å². The molecule has 0 atom stereocenters. The van der Waals surface area contributed by atoms with Crippen molar-refractivity contribution >= 4 is 0 Å². The average Bonchev–Trinajstić information content (AvgIpc) is 3.21. The van der Waals surface area contributed by atoms with Crippen molar-refractivity contribution in [3.8, 4) is 5.75 Å². The van der Waals surface area contributed by atoms with E-state index in [0.717, 1.165) is 23.7 Å². The molecule has 0 amide bonds. The van der Waals surface area contributed by atoms with Gasteiger partial charge in [-0.3, -0.25) is 0 Å². The molecule has 94 valence electrons. The second-order valence-corrected chi connectivity index (χ2v) is 5.04. The Morgan fingerprint density at radius 3 is 2.61 bits per heavy atom. The highest BCUT2D eigenvalue weighted by molar-refractivity contribution is 5.32. The highest BCUT2D eigenvalue weighted by Crippen LogP contribution is 2.40. The Bertz CT molecular complexity index is 480. The van der Waals surface area contributed by atoms with Crippen LogP contribution in [0.15, 0.2) is 47.8 Å². The zero-order chi connectivity index (χ0) is 12.4. The van der Waals surface area contributed by atoms with Crippen molar-refractivity contribution in [1.29, 1.82) is 0 Å². The van der Waals surface area contributed by atoms with Crippen molar-refractivity contribution in [2.75, 3.05) is 6.61 Å². The Kier molecular flexibility index (Phi) is 3.18. The normalized spacial score (nSPS) is 19.2. The van der Waals surface area contributed by atoms with Gasteiger partial charge in [0.25, 0.3) is 0 Å². The Morgan fingerprint density at radius 1 is 1.17 bits per heavy atom. The van der Waals surface area contributed by atoms with E-state index in [1.807, 2.05) is 18.2 Å².